The van der Waals surface area contributed by atoms with Gasteiger partial charge in [0.25, 0.3) is 0 Å². The van der Waals surface area contributed by atoms with Crippen LogP contribution in [0.4, 0.5) is 13.2 Å². The van der Waals surface area contributed by atoms with Crippen molar-refractivity contribution in [3.8, 4) is 11.3 Å². The highest BCUT2D eigenvalue weighted by Crippen LogP contribution is 2.32. The molecular weight excluding hydrogens is 265 g/mol. The zero-order valence-corrected chi connectivity index (χ0v) is 10.0. The standard InChI is InChI=1S/C12H8ClF3N2/c1-7-17-10(6-11(18-7)12(14,15)16)8-4-2-3-5-9(8)13/h2-6H,1H3. The van der Waals surface area contributed by atoms with E-state index in [1.54, 1.807) is 24.3 Å². The van der Waals surface area contributed by atoms with E-state index in [0.717, 1.165) is 6.07 Å². The molecule has 0 amide bonds. The molecular formula is C12H8ClF3N2. The molecule has 0 aliphatic carbocycles. The van der Waals surface area contributed by atoms with Gasteiger partial charge in [0.1, 0.15) is 11.5 Å². The van der Waals surface area contributed by atoms with Crippen LogP contribution < -0.4 is 0 Å². The van der Waals surface area contributed by atoms with Gasteiger partial charge in [-0.1, -0.05) is 29.8 Å². The van der Waals surface area contributed by atoms with Crippen LogP contribution >= 0.6 is 11.6 Å². The molecule has 6 heteroatoms. The highest BCUT2D eigenvalue weighted by Gasteiger charge is 2.33. The Morgan fingerprint density at radius 1 is 1.11 bits per heavy atom. The largest absolute Gasteiger partial charge is 0.433 e. The van der Waals surface area contributed by atoms with Crippen molar-refractivity contribution in [2.75, 3.05) is 0 Å². The predicted molar refractivity (Wildman–Crippen MR) is 62.2 cm³/mol. The molecule has 0 atom stereocenters. The lowest BCUT2D eigenvalue weighted by Gasteiger charge is -2.09. The van der Waals surface area contributed by atoms with Crippen LogP contribution in [0.1, 0.15) is 11.5 Å². The van der Waals surface area contributed by atoms with Crippen molar-refractivity contribution >= 4 is 11.6 Å². The molecule has 94 valence electrons. The molecule has 18 heavy (non-hydrogen) atoms. The Labute approximate surface area is 106 Å². The maximum absolute atomic E-state index is 12.6. The molecule has 1 heterocycles. The highest BCUT2D eigenvalue weighted by molar-refractivity contribution is 6.33. The second-order valence-electron chi connectivity index (χ2n) is 3.66. The molecule has 0 spiro atoms. The molecule has 0 saturated carbocycles. The maximum Gasteiger partial charge on any atom is 0.433 e. The van der Waals surface area contributed by atoms with E-state index in [2.05, 4.69) is 9.97 Å². The topological polar surface area (TPSA) is 25.8 Å². The Kier molecular flexibility index (Phi) is 3.26. The number of hydrogen-bond donors (Lipinski definition) is 0. The molecule has 2 rings (SSSR count). The molecule has 0 fully saturated rings. The average Bonchev–Trinajstić information content (AvgIpc) is 2.27. The Balaban J connectivity index is 2.60. The van der Waals surface area contributed by atoms with E-state index in [1.165, 1.54) is 6.92 Å². The summed E-state index contributed by atoms with van der Waals surface area (Å²) in [5.41, 5.74) is -0.347. The lowest BCUT2D eigenvalue weighted by molar-refractivity contribution is -0.141. The number of benzene rings is 1. The lowest BCUT2D eigenvalue weighted by atomic mass is 10.1. The van der Waals surface area contributed by atoms with Crippen molar-refractivity contribution < 1.29 is 13.2 Å². The zero-order valence-electron chi connectivity index (χ0n) is 9.29. The monoisotopic (exact) mass is 272 g/mol. The Bertz CT molecular complexity index is 582. The third kappa shape index (κ3) is 2.61. The fourth-order valence-electron chi connectivity index (χ4n) is 1.52. The summed E-state index contributed by atoms with van der Waals surface area (Å²) in [5, 5.41) is 0.351. The lowest BCUT2D eigenvalue weighted by Crippen LogP contribution is -2.10. The third-order valence-corrected chi connectivity index (χ3v) is 2.61. The van der Waals surface area contributed by atoms with Crippen LogP contribution in [-0.2, 0) is 6.18 Å². The molecule has 0 aliphatic heterocycles. The normalized spacial score (nSPS) is 11.6. The van der Waals surface area contributed by atoms with Crippen LogP contribution in [0.25, 0.3) is 11.3 Å². The molecule has 0 radical (unpaired) electrons. The van der Waals surface area contributed by atoms with Gasteiger partial charge in [0.05, 0.1) is 5.69 Å². The van der Waals surface area contributed by atoms with Gasteiger partial charge in [-0.2, -0.15) is 13.2 Å². The van der Waals surface area contributed by atoms with Crippen LogP contribution in [0.15, 0.2) is 30.3 Å². The zero-order chi connectivity index (χ0) is 13.3. The third-order valence-electron chi connectivity index (χ3n) is 2.28. The quantitative estimate of drug-likeness (QED) is 0.780. The Hall–Kier alpha value is -1.62. The molecule has 2 aromatic rings. The number of rotatable bonds is 1. The number of aromatic nitrogens is 2. The van der Waals surface area contributed by atoms with Gasteiger partial charge in [-0.3, -0.25) is 0 Å². The Morgan fingerprint density at radius 2 is 1.78 bits per heavy atom. The molecule has 1 aromatic carbocycles. The van der Waals surface area contributed by atoms with Gasteiger partial charge in [-0.25, -0.2) is 9.97 Å². The van der Waals surface area contributed by atoms with Gasteiger partial charge >= 0.3 is 6.18 Å². The summed E-state index contributed by atoms with van der Waals surface area (Å²) in [4.78, 5) is 7.36. The van der Waals surface area contributed by atoms with E-state index >= 15 is 0 Å². The Morgan fingerprint density at radius 3 is 2.39 bits per heavy atom. The summed E-state index contributed by atoms with van der Waals surface area (Å²) >= 11 is 5.94. The van der Waals surface area contributed by atoms with Gasteiger partial charge in [0.2, 0.25) is 0 Å². The van der Waals surface area contributed by atoms with Crippen molar-refractivity contribution in [1.29, 1.82) is 0 Å². The number of halogens is 4. The van der Waals surface area contributed by atoms with Crippen LogP contribution in [0.5, 0.6) is 0 Å². The number of hydrogen-bond acceptors (Lipinski definition) is 2. The van der Waals surface area contributed by atoms with Gasteiger partial charge in [-0.05, 0) is 19.1 Å². The summed E-state index contributed by atoms with van der Waals surface area (Å²) in [6.45, 7) is 1.41. The van der Waals surface area contributed by atoms with Crippen LogP contribution in [0.3, 0.4) is 0 Å². The minimum atomic E-state index is -4.50. The van der Waals surface area contributed by atoms with Gasteiger partial charge in [0.15, 0.2) is 0 Å². The molecule has 2 nitrogen and oxygen atoms in total. The molecule has 0 bridgehead atoms. The molecule has 0 unspecified atom stereocenters. The van der Waals surface area contributed by atoms with Crippen molar-refractivity contribution in [1.82, 2.24) is 9.97 Å². The van der Waals surface area contributed by atoms with Crippen molar-refractivity contribution in [3.05, 3.63) is 46.9 Å². The first-order valence-corrected chi connectivity index (χ1v) is 5.43. The van der Waals surface area contributed by atoms with E-state index < -0.39 is 11.9 Å². The molecule has 0 aliphatic rings. The van der Waals surface area contributed by atoms with Crippen molar-refractivity contribution in [2.45, 2.75) is 13.1 Å². The number of nitrogens with zero attached hydrogens (tertiary/aromatic N) is 2. The molecule has 0 N–H and O–H groups in total. The first-order valence-electron chi connectivity index (χ1n) is 5.06. The summed E-state index contributed by atoms with van der Waals surface area (Å²) in [6.07, 6.45) is -4.50. The first-order chi connectivity index (χ1) is 8.38. The summed E-state index contributed by atoms with van der Waals surface area (Å²) in [7, 11) is 0. The summed E-state index contributed by atoms with van der Waals surface area (Å²) in [5.74, 6) is 0.0553. The second kappa shape index (κ2) is 4.57. The van der Waals surface area contributed by atoms with Crippen LogP contribution in [0, 0.1) is 6.92 Å². The summed E-state index contributed by atoms with van der Waals surface area (Å²) < 4.78 is 37.9. The second-order valence-corrected chi connectivity index (χ2v) is 4.07. The average molecular weight is 273 g/mol. The SMILES string of the molecule is Cc1nc(-c2ccccc2Cl)cc(C(F)(F)F)n1. The van der Waals surface area contributed by atoms with E-state index in [-0.39, 0.29) is 11.5 Å². The fraction of sp³-hybridized carbons (Fsp3) is 0.167. The van der Waals surface area contributed by atoms with Gasteiger partial charge < -0.3 is 0 Å². The minimum absolute atomic E-state index is 0.0553. The van der Waals surface area contributed by atoms with Gasteiger partial charge in [-0.15, -0.1) is 0 Å². The van der Waals surface area contributed by atoms with Crippen LogP contribution in [0.2, 0.25) is 5.02 Å². The first kappa shape index (κ1) is 12.8. The van der Waals surface area contributed by atoms with Crippen LogP contribution in [-0.4, -0.2) is 9.97 Å². The van der Waals surface area contributed by atoms with E-state index in [0.29, 0.717) is 10.6 Å². The molecule has 1 aromatic heterocycles. The fourth-order valence-corrected chi connectivity index (χ4v) is 1.75. The highest BCUT2D eigenvalue weighted by atomic mass is 35.5. The van der Waals surface area contributed by atoms with E-state index in [4.69, 9.17) is 11.6 Å². The van der Waals surface area contributed by atoms with E-state index in [9.17, 15) is 13.2 Å². The predicted octanol–water partition coefficient (Wildman–Crippen LogP) is 4.12. The maximum atomic E-state index is 12.6. The number of alkyl halides is 3. The van der Waals surface area contributed by atoms with Crippen molar-refractivity contribution in [2.24, 2.45) is 0 Å². The smallest absolute Gasteiger partial charge is 0.233 e. The number of aryl methyl sites for hydroxylation is 1. The molecule has 0 saturated heterocycles. The minimum Gasteiger partial charge on any atom is -0.233 e. The van der Waals surface area contributed by atoms with Gasteiger partial charge in [0, 0.05) is 10.6 Å². The van der Waals surface area contributed by atoms with Crippen molar-refractivity contribution in [3.63, 3.8) is 0 Å². The summed E-state index contributed by atoms with van der Waals surface area (Å²) in [6, 6.07) is 7.50. The van der Waals surface area contributed by atoms with E-state index in [1.807, 2.05) is 0 Å².